The van der Waals surface area contributed by atoms with Crippen molar-refractivity contribution >= 4 is 0 Å². The van der Waals surface area contributed by atoms with Gasteiger partial charge in [-0.25, -0.2) is 0 Å². The summed E-state index contributed by atoms with van der Waals surface area (Å²) in [6.45, 7) is 2.36. The van der Waals surface area contributed by atoms with Crippen LogP contribution in [0.3, 0.4) is 0 Å². The number of hydrogen-bond donors (Lipinski definition) is 1. The lowest BCUT2D eigenvalue weighted by Crippen LogP contribution is -2.22. The fourth-order valence-electron chi connectivity index (χ4n) is 1.66. The molecule has 1 aliphatic heterocycles. The van der Waals surface area contributed by atoms with Crippen molar-refractivity contribution < 1.29 is 0 Å². The minimum atomic E-state index is 0.710. The zero-order valence-electron chi connectivity index (χ0n) is 8.21. The van der Waals surface area contributed by atoms with Crippen molar-refractivity contribution in [3.05, 3.63) is 12.2 Å². The highest BCUT2D eigenvalue weighted by Crippen LogP contribution is 2.15. The van der Waals surface area contributed by atoms with Crippen LogP contribution in [0.1, 0.15) is 19.3 Å². The van der Waals surface area contributed by atoms with Gasteiger partial charge in [-0.1, -0.05) is 12.2 Å². The van der Waals surface area contributed by atoms with E-state index in [1.54, 1.807) is 0 Å². The van der Waals surface area contributed by atoms with Crippen molar-refractivity contribution in [2.45, 2.75) is 25.3 Å². The zero-order valence-corrected chi connectivity index (χ0v) is 8.21. The van der Waals surface area contributed by atoms with Crippen LogP contribution in [0, 0.1) is 0 Å². The minimum Gasteiger partial charge on any atom is -0.319 e. The van der Waals surface area contributed by atoms with Crippen LogP contribution in [0.25, 0.3) is 0 Å². The molecule has 2 heteroatoms. The summed E-state index contributed by atoms with van der Waals surface area (Å²) in [5, 5.41) is 3.14. The smallest absolute Gasteiger partial charge is 0.0275 e. The van der Waals surface area contributed by atoms with E-state index in [0.29, 0.717) is 6.04 Å². The molecule has 1 N–H and O–H groups in total. The van der Waals surface area contributed by atoms with Crippen LogP contribution in [0.15, 0.2) is 12.2 Å². The molecule has 1 heterocycles. The molecule has 1 fully saturated rings. The average molecular weight is 168 g/mol. The summed E-state index contributed by atoms with van der Waals surface area (Å²) in [5.41, 5.74) is 0. The van der Waals surface area contributed by atoms with Crippen LogP contribution >= 0.6 is 0 Å². The molecule has 70 valence electrons. The van der Waals surface area contributed by atoms with Crippen LogP contribution in [-0.2, 0) is 0 Å². The molecule has 0 aromatic carbocycles. The Morgan fingerprint density at radius 1 is 1.58 bits per heavy atom. The normalized spacial score (nSPS) is 25.7. The molecule has 2 nitrogen and oxygen atoms in total. The molecule has 0 radical (unpaired) electrons. The molecular weight excluding hydrogens is 148 g/mol. The molecule has 1 aliphatic rings. The van der Waals surface area contributed by atoms with E-state index < -0.39 is 0 Å². The maximum absolute atomic E-state index is 3.14. The number of likely N-dealkylation sites (N-methyl/N-ethyl adjacent to an activating group) is 1. The van der Waals surface area contributed by atoms with Crippen LogP contribution in [0.4, 0.5) is 0 Å². The predicted molar refractivity (Wildman–Crippen MR) is 53.3 cm³/mol. The monoisotopic (exact) mass is 168 g/mol. The lowest BCUT2D eigenvalue weighted by molar-refractivity contribution is 0.356. The molecule has 1 saturated heterocycles. The largest absolute Gasteiger partial charge is 0.319 e. The Bertz CT molecular complexity index is 143. The molecule has 0 saturated carbocycles. The molecule has 1 atom stereocenters. The van der Waals surface area contributed by atoms with E-state index in [1.807, 2.05) is 7.05 Å². The summed E-state index contributed by atoms with van der Waals surface area (Å²) >= 11 is 0. The van der Waals surface area contributed by atoms with E-state index in [-0.39, 0.29) is 0 Å². The highest BCUT2D eigenvalue weighted by Gasteiger charge is 2.16. The number of rotatable bonds is 4. The maximum atomic E-state index is 3.14. The summed E-state index contributed by atoms with van der Waals surface area (Å²) in [7, 11) is 4.20. The first-order chi connectivity index (χ1) is 5.84. The van der Waals surface area contributed by atoms with Crippen molar-refractivity contribution in [2.75, 3.05) is 27.2 Å². The highest BCUT2D eigenvalue weighted by molar-refractivity contribution is 4.96. The van der Waals surface area contributed by atoms with Gasteiger partial charge in [0.25, 0.3) is 0 Å². The van der Waals surface area contributed by atoms with Crippen molar-refractivity contribution in [3.8, 4) is 0 Å². The zero-order chi connectivity index (χ0) is 8.81. The summed E-state index contributed by atoms with van der Waals surface area (Å²) in [6, 6.07) is 0.710. The third kappa shape index (κ3) is 2.95. The molecular formula is C10H20N2. The van der Waals surface area contributed by atoms with E-state index >= 15 is 0 Å². The van der Waals surface area contributed by atoms with Gasteiger partial charge < -0.3 is 5.32 Å². The molecule has 12 heavy (non-hydrogen) atoms. The van der Waals surface area contributed by atoms with Gasteiger partial charge >= 0.3 is 0 Å². The molecule has 0 bridgehead atoms. The van der Waals surface area contributed by atoms with Gasteiger partial charge in [0, 0.05) is 6.04 Å². The Kier molecular flexibility index (Phi) is 4.33. The molecule has 0 spiro atoms. The van der Waals surface area contributed by atoms with Gasteiger partial charge in [0.05, 0.1) is 0 Å². The molecule has 0 aliphatic carbocycles. The fraction of sp³-hybridized carbons (Fsp3) is 0.800. The van der Waals surface area contributed by atoms with E-state index in [2.05, 4.69) is 29.4 Å². The Morgan fingerprint density at radius 3 is 3.00 bits per heavy atom. The lowest BCUT2D eigenvalue weighted by Gasteiger charge is -2.14. The topological polar surface area (TPSA) is 15.3 Å². The first kappa shape index (κ1) is 9.75. The Balaban J connectivity index is 2.16. The SMILES string of the molecule is CNCC/C=C\C1CCCN1C. The molecule has 0 amide bonds. The predicted octanol–water partition coefficient (Wildman–Crippen LogP) is 1.25. The summed E-state index contributed by atoms with van der Waals surface area (Å²) in [5.74, 6) is 0. The Hall–Kier alpha value is -0.340. The van der Waals surface area contributed by atoms with Gasteiger partial charge in [0.2, 0.25) is 0 Å². The summed E-state index contributed by atoms with van der Waals surface area (Å²) in [4.78, 5) is 2.43. The van der Waals surface area contributed by atoms with Crippen molar-refractivity contribution in [3.63, 3.8) is 0 Å². The Labute approximate surface area is 75.6 Å². The van der Waals surface area contributed by atoms with E-state index in [4.69, 9.17) is 0 Å². The van der Waals surface area contributed by atoms with Gasteiger partial charge in [0.15, 0.2) is 0 Å². The number of likely N-dealkylation sites (tertiary alicyclic amines) is 1. The van der Waals surface area contributed by atoms with Crippen LogP contribution in [-0.4, -0.2) is 38.1 Å². The highest BCUT2D eigenvalue weighted by atomic mass is 15.1. The van der Waals surface area contributed by atoms with Gasteiger partial charge in [-0.15, -0.1) is 0 Å². The summed E-state index contributed by atoms with van der Waals surface area (Å²) in [6.07, 6.45) is 8.50. The summed E-state index contributed by atoms with van der Waals surface area (Å²) < 4.78 is 0. The second kappa shape index (κ2) is 5.33. The third-order valence-corrected chi connectivity index (χ3v) is 2.50. The van der Waals surface area contributed by atoms with Crippen molar-refractivity contribution in [1.29, 1.82) is 0 Å². The van der Waals surface area contributed by atoms with Crippen LogP contribution in [0.2, 0.25) is 0 Å². The Morgan fingerprint density at radius 2 is 2.42 bits per heavy atom. The van der Waals surface area contributed by atoms with Gasteiger partial charge in [-0.05, 0) is 46.4 Å². The van der Waals surface area contributed by atoms with Crippen molar-refractivity contribution in [1.82, 2.24) is 10.2 Å². The molecule has 1 rings (SSSR count). The first-order valence-electron chi connectivity index (χ1n) is 4.86. The molecule has 0 aromatic rings. The minimum absolute atomic E-state index is 0.710. The second-order valence-electron chi connectivity index (χ2n) is 3.51. The molecule has 1 unspecified atom stereocenters. The fourth-order valence-corrected chi connectivity index (χ4v) is 1.66. The number of hydrogen-bond acceptors (Lipinski definition) is 2. The number of nitrogens with zero attached hydrogens (tertiary/aromatic N) is 1. The quantitative estimate of drug-likeness (QED) is 0.502. The van der Waals surface area contributed by atoms with E-state index in [0.717, 1.165) is 13.0 Å². The van der Waals surface area contributed by atoms with Gasteiger partial charge in [0.1, 0.15) is 0 Å². The second-order valence-corrected chi connectivity index (χ2v) is 3.51. The maximum Gasteiger partial charge on any atom is 0.0275 e. The first-order valence-corrected chi connectivity index (χ1v) is 4.86. The van der Waals surface area contributed by atoms with Crippen LogP contribution in [0.5, 0.6) is 0 Å². The number of nitrogens with one attached hydrogen (secondary N) is 1. The third-order valence-electron chi connectivity index (χ3n) is 2.50. The van der Waals surface area contributed by atoms with E-state index in [1.165, 1.54) is 19.4 Å². The van der Waals surface area contributed by atoms with Crippen LogP contribution < -0.4 is 5.32 Å². The lowest BCUT2D eigenvalue weighted by atomic mass is 10.2. The van der Waals surface area contributed by atoms with Gasteiger partial charge in [-0.2, -0.15) is 0 Å². The van der Waals surface area contributed by atoms with Gasteiger partial charge in [-0.3, -0.25) is 4.90 Å². The van der Waals surface area contributed by atoms with E-state index in [9.17, 15) is 0 Å². The standard InChI is InChI=1S/C10H20N2/c1-11-8-4-3-6-10-7-5-9-12(10)2/h3,6,10-11H,4-5,7-9H2,1-2H3/b6-3-. The van der Waals surface area contributed by atoms with Crippen molar-refractivity contribution in [2.24, 2.45) is 0 Å². The average Bonchev–Trinajstić information content (AvgIpc) is 2.46. The molecule has 0 aromatic heterocycles.